The molecule has 0 bridgehead atoms. The van der Waals surface area contributed by atoms with E-state index in [4.69, 9.17) is 14.2 Å². The van der Waals surface area contributed by atoms with Gasteiger partial charge in [0.05, 0.1) is 37.5 Å². The number of carbonyl (C=O) groups is 1. The van der Waals surface area contributed by atoms with Crippen LogP contribution in [0.1, 0.15) is 37.9 Å². The lowest BCUT2D eigenvalue weighted by Crippen LogP contribution is -2.41. The number of nitrogens with zero attached hydrogens (tertiary/aromatic N) is 1. The molecule has 1 N–H and O–H groups in total. The van der Waals surface area contributed by atoms with E-state index in [0.29, 0.717) is 23.8 Å². The second-order valence-electron chi connectivity index (χ2n) is 8.34. The van der Waals surface area contributed by atoms with Gasteiger partial charge in [-0.2, -0.15) is 0 Å². The Morgan fingerprint density at radius 1 is 0.919 bits per heavy atom. The summed E-state index contributed by atoms with van der Waals surface area (Å²) in [5.74, 6) is 0.826. The normalized spacial score (nSPS) is 11.9. The SMILES string of the molecule is CCOc1ccc(N(CC(=O)NC(C)c2ccc(CC)cc2)S(=O)(=O)c2ccc(OC)c(OC)c2)cc1. The van der Waals surface area contributed by atoms with Crippen LogP contribution < -0.4 is 23.8 Å². The van der Waals surface area contributed by atoms with Gasteiger partial charge in [0, 0.05) is 6.07 Å². The van der Waals surface area contributed by atoms with Gasteiger partial charge in [-0.1, -0.05) is 31.2 Å². The van der Waals surface area contributed by atoms with E-state index < -0.39 is 22.5 Å². The molecule has 8 nitrogen and oxygen atoms in total. The first-order valence-corrected chi connectivity index (χ1v) is 13.5. The molecule has 0 aromatic heterocycles. The van der Waals surface area contributed by atoms with Crippen LogP contribution in [0.3, 0.4) is 0 Å². The van der Waals surface area contributed by atoms with Crippen molar-refractivity contribution >= 4 is 21.6 Å². The van der Waals surface area contributed by atoms with Crippen LogP contribution >= 0.6 is 0 Å². The smallest absolute Gasteiger partial charge is 0.264 e. The molecule has 0 aliphatic carbocycles. The minimum atomic E-state index is -4.15. The quantitative estimate of drug-likeness (QED) is 0.367. The van der Waals surface area contributed by atoms with Crippen LogP contribution in [0.2, 0.25) is 0 Å². The van der Waals surface area contributed by atoms with E-state index in [0.717, 1.165) is 16.3 Å². The summed E-state index contributed by atoms with van der Waals surface area (Å²) < 4.78 is 44.7. The van der Waals surface area contributed by atoms with Crippen molar-refractivity contribution in [2.75, 3.05) is 31.7 Å². The molecule has 1 atom stereocenters. The number of anilines is 1. The van der Waals surface area contributed by atoms with Gasteiger partial charge in [0.15, 0.2) is 11.5 Å². The van der Waals surface area contributed by atoms with Crippen molar-refractivity contribution in [1.29, 1.82) is 0 Å². The van der Waals surface area contributed by atoms with Gasteiger partial charge in [0.25, 0.3) is 10.0 Å². The molecule has 0 radical (unpaired) electrons. The number of rotatable bonds is 12. The Morgan fingerprint density at radius 2 is 1.57 bits per heavy atom. The molecular weight excluding hydrogens is 492 g/mol. The monoisotopic (exact) mass is 526 g/mol. The van der Waals surface area contributed by atoms with E-state index in [2.05, 4.69) is 12.2 Å². The number of methoxy groups -OCH3 is 2. The number of sulfonamides is 1. The summed E-state index contributed by atoms with van der Waals surface area (Å²) >= 11 is 0. The number of hydrogen-bond donors (Lipinski definition) is 1. The second kappa shape index (κ2) is 12.5. The van der Waals surface area contributed by atoms with Gasteiger partial charge in [0.1, 0.15) is 12.3 Å². The van der Waals surface area contributed by atoms with Crippen molar-refractivity contribution < 1.29 is 27.4 Å². The molecule has 0 spiro atoms. The highest BCUT2D eigenvalue weighted by Gasteiger charge is 2.29. The highest BCUT2D eigenvalue weighted by molar-refractivity contribution is 7.92. The van der Waals surface area contributed by atoms with E-state index in [1.54, 1.807) is 24.3 Å². The fourth-order valence-corrected chi connectivity index (χ4v) is 5.27. The summed E-state index contributed by atoms with van der Waals surface area (Å²) in [6.45, 7) is 5.87. The maximum Gasteiger partial charge on any atom is 0.264 e. The molecule has 0 aliphatic heterocycles. The topological polar surface area (TPSA) is 94.2 Å². The molecule has 3 rings (SSSR count). The highest BCUT2D eigenvalue weighted by atomic mass is 32.2. The first-order chi connectivity index (χ1) is 17.7. The van der Waals surface area contributed by atoms with Crippen molar-refractivity contribution in [2.45, 2.75) is 38.1 Å². The zero-order chi connectivity index (χ0) is 27.0. The largest absolute Gasteiger partial charge is 0.494 e. The number of ether oxygens (including phenoxy) is 3. The van der Waals surface area contributed by atoms with Gasteiger partial charge in [-0.05, 0) is 67.8 Å². The minimum absolute atomic E-state index is 0.0324. The lowest BCUT2D eigenvalue weighted by Gasteiger charge is -2.25. The van der Waals surface area contributed by atoms with Gasteiger partial charge in [-0.3, -0.25) is 9.10 Å². The minimum Gasteiger partial charge on any atom is -0.494 e. The fraction of sp³-hybridized carbons (Fsp3) is 0.321. The Labute approximate surface area is 219 Å². The predicted molar refractivity (Wildman–Crippen MR) is 144 cm³/mol. The molecule has 3 aromatic carbocycles. The van der Waals surface area contributed by atoms with E-state index in [9.17, 15) is 13.2 Å². The van der Waals surface area contributed by atoms with Crippen LogP contribution in [0, 0.1) is 0 Å². The number of aryl methyl sites for hydroxylation is 1. The second-order valence-corrected chi connectivity index (χ2v) is 10.2. The van der Waals surface area contributed by atoms with Crippen LogP contribution in [0.5, 0.6) is 17.2 Å². The zero-order valence-corrected chi connectivity index (χ0v) is 22.7. The third kappa shape index (κ3) is 6.74. The Hall–Kier alpha value is -3.72. The number of hydrogen-bond acceptors (Lipinski definition) is 6. The molecule has 1 unspecified atom stereocenters. The van der Waals surface area contributed by atoms with E-state index in [1.807, 2.05) is 38.1 Å². The third-order valence-electron chi connectivity index (χ3n) is 5.93. The molecule has 198 valence electrons. The first kappa shape index (κ1) is 27.9. The summed E-state index contributed by atoms with van der Waals surface area (Å²) in [6, 6.07) is 18.6. The van der Waals surface area contributed by atoms with E-state index in [-0.39, 0.29) is 16.7 Å². The van der Waals surface area contributed by atoms with Crippen molar-refractivity contribution in [3.8, 4) is 17.2 Å². The van der Waals surface area contributed by atoms with Crippen molar-refractivity contribution in [3.05, 3.63) is 77.9 Å². The molecule has 0 saturated heterocycles. The molecule has 0 saturated carbocycles. The Kier molecular flexibility index (Phi) is 9.41. The van der Waals surface area contributed by atoms with Gasteiger partial charge in [-0.15, -0.1) is 0 Å². The molecule has 37 heavy (non-hydrogen) atoms. The summed E-state index contributed by atoms with van der Waals surface area (Å²) in [6.07, 6.45) is 0.923. The van der Waals surface area contributed by atoms with Crippen LogP contribution in [-0.4, -0.2) is 41.7 Å². The number of nitrogens with one attached hydrogen (secondary N) is 1. The number of amides is 1. The van der Waals surface area contributed by atoms with Crippen molar-refractivity contribution in [1.82, 2.24) is 5.32 Å². The predicted octanol–water partition coefficient (Wildman–Crippen LogP) is 4.74. The molecule has 0 aliphatic rings. The summed E-state index contributed by atoms with van der Waals surface area (Å²) in [5.41, 5.74) is 2.46. The Bertz CT molecular complexity index is 1290. The lowest BCUT2D eigenvalue weighted by atomic mass is 10.1. The fourth-order valence-electron chi connectivity index (χ4n) is 3.84. The maximum atomic E-state index is 13.8. The molecular formula is C28H34N2O6S. The molecule has 1 amide bonds. The number of carbonyl (C=O) groups excluding carboxylic acids is 1. The van der Waals surface area contributed by atoms with Crippen LogP contribution in [0.4, 0.5) is 5.69 Å². The highest BCUT2D eigenvalue weighted by Crippen LogP contribution is 2.32. The van der Waals surface area contributed by atoms with E-state index in [1.165, 1.54) is 38.0 Å². The lowest BCUT2D eigenvalue weighted by molar-refractivity contribution is -0.120. The molecule has 0 heterocycles. The van der Waals surface area contributed by atoms with Crippen LogP contribution in [0.15, 0.2) is 71.6 Å². The number of benzene rings is 3. The van der Waals surface area contributed by atoms with E-state index >= 15 is 0 Å². The summed E-state index contributed by atoms with van der Waals surface area (Å²) in [5, 5.41) is 2.92. The van der Waals surface area contributed by atoms with Crippen molar-refractivity contribution in [2.24, 2.45) is 0 Å². The standard InChI is InChI=1S/C28H34N2O6S/c1-6-21-8-10-22(11-9-21)20(3)29-28(31)19-30(23-12-14-24(15-13-23)36-7-2)37(32,33)25-16-17-26(34-4)27(18-25)35-5/h8-18,20H,6-7,19H2,1-5H3,(H,29,31). The average Bonchev–Trinajstić information content (AvgIpc) is 2.91. The summed E-state index contributed by atoms with van der Waals surface area (Å²) in [4.78, 5) is 13.1. The molecule has 0 fully saturated rings. The summed E-state index contributed by atoms with van der Waals surface area (Å²) in [7, 11) is -1.24. The Morgan fingerprint density at radius 3 is 2.14 bits per heavy atom. The van der Waals surface area contributed by atoms with Gasteiger partial charge < -0.3 is 19.5 Å². The van der Waals surface area contributed by atoms with Crippen LogP contribution in [0.25, 0.3) is 0 Å². The first-order valence-electron chi connectivity index (χ1n) is 12.1. The van der Waals surface area contributed by atoms with Crippen molar-refractivity contribution in [3.63, 3.8) is 0 Å². The van der Waals surface area contributed by atoms with Gasteiger partial charge in [-0.25, -0.2) is 8.42 Å². The average molecular weight is 527 g/mol. The van der Waals surface area contributed by atoms with Crippen LogP contribution in [-0.2, 0) is 21.2 Å². The molecule has 3 aromatic rings. The zero-order valence-electron chi connectivity index (χ0n) is 21.9. The third-order valence-corrected chi connectivity index (χ3v) is 7.70. The molecule has 9 heteroatoms. The maximum absolute atomic E-state index is 13.8. The van der Waals surface area contributed by atoms with Gasteiger partial charge in [0.2, 0.25) is 5.91 Å². The van der Waals surface area contributed by atoms with Gasteiger partial charge >= 0.3 is 0 Å². The Balaban J connectivity index is 1.92.